The molecule has 1 heterocycles. The van der Waals surface area contributed by atoms with Gasteiger partial charge in [-0.05, 0) is 13.8 Å². The number of nitrogens with zero attached hydrogens (tertiary/aromatic N) is 1. The lowest BCUT2D eigenvalue weighted by Gasteiger charge is -2.31. The minimum atomic E-state index is -2.86. The van der Waals surface area contributed by atoms with Gasteiger partial charge in [-0.15, -0.1) is 0 Å². The molecule has 1 fully saturated rings. The number of rotatable bonds is 6. The molecule has 4 nitrogen and oxygen atoms in total. The predicted molar refractivity (Wildman–Crippen MR) is 60.9 cm³/mol. The molecule has 0 radical (unpaired) electrons. The van der Waals surface area contributed by atoms with Crippen LogP contribution in [0.15, 0.2) is 0 Å². The van der Waals surface area contributed by atoms with Gasteiger partial charge < -0.3 is 13.5 Å². The van der Waals surface area contributed by atoms with Crippen LogP contribution in [-0.4, -0.2) is 44.1 Å². The Bertz CT molecular complexity index is 229. The van der Waals surface area contributed by atoms with Crippen molar-refractivity contribution in [2.45, 2.75) is 26.7 Å². The summed E-state index contributed by atoms with van der Waals surface area (Å²) >= 11 is 0. The van der Waals surface area contributed by atoms with E-state index in [1.165, 1.54) is 12.8 Å². The van der Waals surface area contributed by atoms with Crippen LogP contribution in [0.5, 0.6) is 0 Å². The fourth-order valence-corrected chi connectivity index (χ4v) is 4.31. The first-order valence-corrected chi connectivity index (χ1v) is 7.48. The summed E-state index contributed by atoms with van der Waals surface area (Å²) in [5.74, 6) is 0. The molecule has 0 aromatic heterocycles. The summed E-state index contributed by atoms with van der Waals surface area (Å²) in [6.45, 7) is 6.80. The minimum absolute atomic E-state index is 0.456. The molecule has 5 heteroatoms. The summed E-state index contributed by atoms with van der Waals surface area (Å²) < 4.78 is 23.8. The van der Waals surface area contributed by atoms with Gasteiger partial charge in [0.15, 0.2) is 6.29 Å². The molecule has 1 aliphatic heterocycles. The van der Waals surface area contributed by atoms with Gasteiger partial charge in [-0.25, -0.2) is 0 Å². The first kappa shape index (κ1) is 13.2. The average molecular weight is 236 g/mol. The van der Waals surface area contributed by atoms with E-state index in [2.05, 4.69) is 7.05 Å². The van der Waals surface area contributed by atoms with Crippen molar-refractivity contribution in [3.05, 3.63) is 0 Å². The molecule has 15 heavy (non-hydrogen) atoms. The quantitative estimate of drug-likeness (QED) is 0.525. The zero-order valence-corrected chi connectivity index (χ0v) is 11.0. The van der Waals surface area contributed by atoms with Crippen LogP contribution in [0.1, 0.15) is 26.7 Å². The molecular weight excluding hydrogens is 213 g/mol. The Labute approximate surface area is 92.7 Å². The molecule has 0 spiro atoms. The largest absolute Gasteiger partial charge is 0.384 e. The lowest BCUT2D eigenvalue weighted by atomic mass is 10.4. The smallest absolute Gasteiger partial charge is 0.316 e. The molecule has 1 rings (SSSR count). The Morgan fingerprint density at radius 3 is 2.00 bits per heavy atom. The minimum Gasteiger partial charge on any atom is -0.316 e. The van der Waals surface area contributed by atoms with Crippen LogP contribution in [-0.2, 0) is 13.6 Å². The lowest BCUT2D eigenvalue weighted by molar-refractivity contribution is -0.887. The van der Waals surface area contributed by atoms with Crippen molar-refractivity contribution in [3.8, 4) is 0 Å². The number of hydrogen-bond acceptors (Lipinski definition) is 3. The molecule has 0 amide bonds. The zero-order valence-electron chi connectivity index (χ0n) is 10.1. The molecule has 1 aliphatic rings. The Hall–Kier alpha value is 0.110. The average Bonchev–Trinajstić information content (AvgIpc) is 2.51. The zero-order chi connectivity index (χ0) is 11.4. The molecule has 0 N–H and O–H groups in total. The maximum absolute atomic E-state index is 12.3. The van der Waals surface area contributed by atoms with Crippen LogP contribution in [0, 0.1) is 0 Å². The second-order valence-electron chi connectivity index (χ2n) is 4.36. The molecule has 0 unspecified atom stereocenters. The van der Waals surface area contributed by atoms with Crippen LogP contribution >= 0.6 is 7.60 Å². The standard InChI is InChI=1S/C10H23NO3P/c1-4-13-15(12,14-5-2)10-11(3)8-6-7-9-11/h4-10H2,1-3H3/q+1. The number of hydrogen-bond donors (Lipinski definition) is 0. The summed E-state index contributed by atoms with van der Waals surface area (Å²) in [5.41, 5.74) is 0. The van der Waals surface area contributed by atoms with Gasteiger partial charge in [0, 0.05) is 12.8 Å². The van der Waals surface area contributed by atoms with Crippen molar-refractivity contribution < 1.29 is 18.1 Å². The first-order valence-electron chi connectivity index (χ1n) is 5.75. The van der Waals surface area contributed by atoms with Crippen molar-refractivity contribution in [1.29, 1.82) is 0 Å². The van der Waals surface area contributed by atoms with Crippen LogP contribution in [0.3, 0.4) is 0 Å². The fourth-order valence-electron chi connectivity index (χ4n) is 2.17. The highest BCUT2D eigenvalue weighted by Gasteiger charge is 2.38. The van der Waals surface area contributed by atoms with E-state index < -0.39 is 7.60 Å². The second kappa shape index (κ2) is 5.44. The Morgan fingerprint density at radius 2 is 1.60 bits per heavy atom. The monoisotopic (exact) mass is 236 g/mol. The van der Waals surface area contributed by atoms with E-state index in [0.717, 1.165) is 17.6 Å². The van der Waals surface area contributed by atoms with Crippen molar-refractivity contribution in [2.24, 2.45) is 0 Å². The molecule has 0 aromatic carbocycles. The van der Waals surface area contributed by atoms with Crippen molar-refractivity contribution in [3.63, 3.8) is 0 Å². The fraction of sp³-hybridized carbons (Fsp3) is 1.00. The first-order chi connectivity index (χ1) is 7.04. The highest BCUT2D eigenvalue weighted by molar-refractivity contribution is 7.53. The van der Waals surface area contributed by atoms with Crippen molar-refractivity contribution in [1.82, 2.24) is 0 Å². The van der Waals surface area contributed by atoms with Gasteiger partial charge >= 0.3 is 7.60 Å². The van der Waals surface area contributed by atoms with E-state index in [4.69, 9.17) is 9.05 Å². The predicted octanol–water partition coefficient (Wildman–Crippen LogP) is 2.45. The van der Waals surface area contributed by atoms with Gasteiger partial charge in [-0.3, -0.25) is 4.57 Å². The van der Waals surface area contributed by atoms with Crippen molar-refractivity contribution >= 4 is 7.60 Å². The third-order valence-corrected chi connectivity index (χ3v) is 5.14. The van der Waals surface area contributed by atoms with Crippen LogP contribution in [0.25, 0.3) is 0 Å². The maximum Gasteiger partial charge on any atom is 0.384 e. The molecular formula is C10H23NO3P+. The summed E-state index contributed by atoms with van der Waals surface area (Å²) in [5, 5.41) is 0. The molecule has 1 saturated heterocycles. The van der Waals surface area contributed by atoms with Gasteiger partial charge in [0.1, 0.15) is 0 Å². The highest BCUT2D eigenvalue weighted by atomic mass is 31.2. The summed E-state index contributed by atoms with van der Waals surface area (Å²) in [7, 11) is -0.725. The molecule has 90 valence electrons. The Morgan fingerprint density at radius 1 is 1.13 bits per heavy atom. The SMILES string of the molecule is CCOP(=O)(C[N+]1(C)CCCC1)OCC. The Kier molecular flexibility index (Phi) is 4.78. The van der Waals surface area contributed by atoms with E-state index in [1.54, 1.807) is 0 Å². The highest BCUT2D eigenvalue weighted by Crippen LogP contribution is 2.50. The van der Waals surface area contributed by atoms with E-state index in [1.807, 2.05) is 13.8 Å². The maximum atomic E-state index is 12.3. The third-order valence-electron chi connectivity index (χ3n) is 2.81. The topological polar surface area (TPSA) is 35.5 Å². The Balaban J connectivity index is 2.60. The summed E-state index contributed by atoms with van der Waals surface area (Å²) in [6.07, 6.45) is 2.96. The second-order valence-corrected chi connectivity index (χ2v) is 6.38. The van der Waals surface area contributed by atoms with E-state index in [-0.39, 0.29) is 0 Å². The van der Waals surface area contributed by atoms with Gasteiger partial charge in [-0.2, -0.15) is 0 Å². The van der Waals surface area contributed by atoms with Gasteiger partial charge in [0.25, 0.3) is 0 Å². The number of likely N-dealkylation sites (tertiary alicyclic amines) is 1. The molecule has 0 aromatic rings. The summed E-state index contributed by atoms with van der Waals surface area (Å²) in [4.78, 5) is 0. The lowest BCUT2D eigenvalue weighted by Crippen LogP contribution is -2.41. The van der Waals surface area contributed by atoms with Gasteiger partial charge in [-0.1, -0.05) is 0 Å². The third kappa shape index (κ3) is 3.87. The van der Waals surface area contributed by atoms with E-state index >= 15 is 0 Å². The van der Waals surface area contributed by atoms with E-state index in [9.17, 15) is 4.57 Å². The van der Waals surface area contributed by atoms with Gasteiger partial charge in [0.2, 0.25) is 0 Å². The normalized spacial score (nSPS) is 20.7. The van der Waals surface area contributed by atoms with Crippen LogP contribution in [0.2, 0.25) is 0 Å². The van der Waals surface area contributed by atoms with Crippen molar-refractivity contribution in [2.75, 3.05) is 39.6 Å². The van der Waals surface area contributed by atoms with Crippen LogP contribution in [0.4, 0.5) is 0 Å². The van der Waals surface area contributed by atoms with Gasteiger partial charge in [0.05, 0.1) is 33.4 Å². The molecule has 0 saturated carbocycles. The van der Waals surface area contributed by atoms with Crippen LogP contribution < -0.4 is 0 Å². The molecule has 0 aliphatic carbocycles. The molecule has 0 bridgehead atoms. The molecule has 0 atom stereocenters. The number of quaternary nitrogens is 1. The summed E-state index contributed by atoms with van der Waals surface area (Å²) in [6, 6.07) is 0. The van der Waals surface area contributed by atoms with E-state index in [0.29, 0.717) is 19.5 Å².